The fraction of sp³-hybridized carbons (Fsp3) is 0.444. The molecule has 104 valence electrons. The van der Waals surface area contributed by atoms with Crippen LogP contribution in [0.5, 0.6) is 0 Å². The average Bonchev–Trinajstić information content (AvgIpc) is 2.21. The molecule has 19 heavy (non-hydrogen) atoms. The summed E-state index contributed by atoms with van der Waals surface area (Å²) in [7, 11) is -3.99. The SMILES string of the molecule is O=C(O)CC1CN(S(=O)(=O)c2c[nH]c(=O)[nH]c2=O)C1. The second-order valence-electron chi connectivity index (χ2n) is 4.22. The number of aromatic nitrogens is 2. The van der Waals surface area contributed by atoms with Crippen LogP contribution < -0.4 is 11.2 Å². The van der Waals surface area contributed by atoms with E-state index < -0.39 is 32.1 Å². The van der Waals surface area contributed by atoms with Gasteiger partial charge in [0.1, 0.15) is 0 Å². The van der Waals surface area contributed by atoms with Crippen LogP contribution in [-0.4, -0.2) is 46.9 Å². The van der Waals surface area contributed by atoms with Crippen LogP contribution in [0.25, 0.3) is 0 Å². The lowest BCUT2D eigenvalue weighted by molar-refractivity contribution is -0.139. The van der Waals surface area contributed by atoms with Crippen molar-refractivity contribution in [3.05, 3.63) is 27.0 Å². The molecule has 1 aliphatic heterocycles. The van der Waals surface area contributed by atoms with Crippen molar-refractivity contribution in [2.45, 2.75) is 11.3 Å². The highest BCUT2D eigenvalue weighted by Crippen LogP contribution is 2.25. The van der Waals surface area contributed by atoms with E-state index in [0.717, 1.165) is 10.5 Å². The van der Waals surface area contributed by atoms with Crippen LogP contribution in [0.3, 0.4) is 0 Å². The molecule has 0 radical (unpaired) electrons. The van der Waals surface area contributed by atoms with E-state index in [1.165, 1.54) is 0 Å². The number of hydrogen-bond donors (Lipinski definition) is 3. The minimum atomic E-state index is -3.99. The van der Waals surface area contributed by atoms with E-state index in [9.17, 15) is 22.8 Å². The van der Waals surface area contributed by atoms with E-state index >= 15 is 0 Å². The van der Waals surface area contributed by atoms with Gasteiger partial charge in [-0.05, 0) is 5.92 Å². The van der Waals surface area contributed by atoms with Gasteiger partial charge in [0.15, 0.2) is 4.90 Å². The van der Waals surface area contributed by atoms with Crippen LogP contribution in [0.15, 0.2) is 20.7 Å². The minimum absolute atomic E-state index is 0.0488. The lowest BCUT2D eigenvalue weighted by atomic mass is 10.00. The van der Waals surface area contributed by atoms with Crippen LogP contribution in [-0.2, 0) is 14.8 Å². The van der Waals surface area contributed by atoms with Gasteiger partial charge in [-0.25, -0.2) is 13.2 Å². The van der Waals surface area contributed by atoms with Crippen molar-refractivity contribution in [3.63, 3.8) is 0 Å². The summed E-state index contributed by atoms with van der Waals surface area (Å²) in [5.74, 6) is -1.25. The Kier molecular flexibility index (Phi) is 3.28. The van der Waals surface area contributed by atoms with E-state index in [-0.39, 0.29) is 25.4 Å². The summed E-state index contributed by atoms with van der Waals surface area (Å²) < 4.78 is 25.0. The van der Waals surface area contributed by atoms with E-state index in [1.807, 2.05) is 4.98 Å². The zero-order chi connectivity index (χ0) is 14.2. The number of carboxylic acid groups (broad SMARTS) is 1. The molecule has 1 aliphatic rings. The van der Waals surface area contributed by atoms with Crippen molar-refractivity contribution >= 4 is 16.0 Å². The van der Waals surface area contributed by atoms with Crippen LogP contribution in [0, 0.1) is 5.92 Å². The van der Waals surface area contributed by atoms with E-state index in [1.54, 1.807) is 0 Å². The molecular formula is C9H11N3O6S. The van der Waals surface area contributed by atoms with Gasteiger partial charge in [0.2, 0.25) is 10.0 Å². The lowest BCUT2D eigenvalue weighted by Crippen LogP contribution is -2.51. The number of sulfonamides is 1. The first-order valence-electron chi connectivity index (χ1n) is 5.34. The molecule has 2 rings (SSSR count). The number of carbonyl (C=O) groups is 1. The molecule has 1 aromatic heterocycles. The molecule has 2 heterocycles. The van der Waals surface area contributed by atoms with Gasteiger partial charge >= 0.3 is 11.7 Å². The number of rotatable bonds is 4. The van der Waals surface area contributed by atoms with Crippen LogP contribution in [0.4, 0.5) is 0 Å². The van der Waals surface area contributed by atoms with Gasteiger partial charge in [-0.1, -0.05) is 0 Å². The largest absolute Gasteiger partial charge is 0.481 e. The normalized spacial score (nSPS) is 17.1. The van der Waals surface area contributed by atoms with Gasteiger partial charge < -0.3 is 10.1 Å². The predicted molar refractivity (Wildman–Crippen MR) is 62.2 cm³/mol. The Bertz CT molecular complexity index is 712. The number of H-pyrrole nitrogens is 2. The molecule has 1 saturated heterocycles. The number of aromatic amines is 2. The first kappa shape index (κ1) is 13.5. The van der Waals surface area contributed by atoms with Crippen LogP contribution >= 0.6 is 0 Å². The maximum Gasteiger partial charge on any atom is 0.325 e. The van der Waals surface area contributed by atoms with Gasteiger partial charge in [-0.15, -0.1) is 0 Å². The summed E-state index contributed by atoms with van der Waals surface area (Å²) in [5.41, 5.74) is -1.79. The number of carboxylic acids is 1. The van der Waals surface area contributed by atoms with Crippen molar-refractivity contribution in [2.24, 2.45) is 5.92 Å². The minimum Gasteiger partial charge on any atom is -0.481 e. The Morgan fingerprint density at radius 3 is 2.58 bits per heavy atom. The zero-order valence-corrected chi connectivity index (χ0v) is 10.4. The molecule has 9 nitrogen and oxygen atoms in total. The summed E-state index contributed by atoms with van der Waals surface area (Å²) in [5, 5.41) is 8.57. The van der Waals surface area contributed by atoms with Gasteiger partial charge in [0.25, 0.3) is 5.56 Å². The molecule has 1 fully saturated rings. The number of aliphatic carboxylic acids is 1. The van der Waals surface area contributed by atoms with E-state index in [0.29, 0.717) is 0 Å². The molecule has 10 heteroatoms. The topological polar surface area (TPSA) is 140 Å². The Morgan fingerprint density at radius 2 is 2.05 bits per heavy atom. The average molecular weight is 289 g/mol. The molecule has 0 saturated carbocycles. The molecule has 1 aromatic rings. The highest BCUT2D eigenvalue weighted by Gasteiger charge is 2.38. The second kappa shape index (κ2) is 4.63. The fourth-order valence-electron chi connectivity index (χ4n) is 1.82. The number of hydrogen-bond acceptors (Lipinski definition) is 5. The third kappa shape index (κ3) is 2.58. The first-order chi connectivity index (χ1) is 8.80. The molecule has 0 bridgehead atoms. The Hall–Kier alpha value is -1.94. The smallest absolute Gasteiger partial charge is 0.325 e. The van der Waals surface area contributed by atoms with Crippen molar-refractivity contribution in [1.29, 1.82) is 0 Å². The van der Waals surface area contributed by atoms with Gasteiger partial charge in [-0.3, -0.25) is 14.6 Å². The fourth-order valence-corrected chi connectivity index (χ4v) is 3.41. The molecule has 0 spiro atoms. The summed E-state index contributed by atoms with van der Waals surface area (Å²) in [6, 6.07) is 0. The van der Waals surface area contributed by atoms with Crippen LogP contribution in [0.1, 0.15) is 6.42 Å². The first-order valence-corrected chi connectivity index (χ1v) is 6.78. The van der Waals surface area contributed by atoms with Gasteiger partial charge in [0.05, 0.1) is 6.42 Å². The second-order valence-corrected chi connectivity index (χ2v) is 6.13. The Labute approximate surface area is 106 Å². The molecule has 3 N–H and O–H groups in total. The third-order valence-corrected chi connectivity index (χ3v) is 4.63. The molecule has 0 amide bonds. The van der Waals surface area contributed by atoms with Crippen molar-refractivity contribution in [2.75, 3.05) is 13.1 Å². The number of nitrogens with one attached hydrogen (secondary N) is 2. The van der Waals surface area contributed by atoms with E-state index in [2.05, 4.69) is 4.98 Å². The molecule has 0 atom stereocenters. The van der Waals surface area contributed by atoms with Crippen molar-refractivity contribution < 1.29 is 18.3 Å². The van der Waals surface area contributed by atoms with Gasteiger partial charge in [0, 0.05) is 19.3 Å². The highest BCUT2D eigenvalue weighted by molar-refractivity contribution is 7.89. The third-order valence-electron chi connectivity index (χ3n) is 2.79. The zero-order valence-electron chi connectivity index (χ0n) is 9.62. The van der Waals surface area contributed by atoms with Gasteiger partial charge in [-0.2, -0.15) is 4.31 Å². The lowest BCUT2D eigenvalue weighted by Gasteiger charge is -2.36. The maximum atomic E-state index is 12.0. The summed E-state index contributed by atoms with van der Waals surface area (Å²) in [6.45, 7) is 0.0976. The predicted octanol–water partition coefficient (Wildman–Crippen LogP) is -1.84. The number of nitrogens with zero attached hydrogens (tertiary/aromatic N) is 1. The summed E-state index contributed by atoms with van der Waals surface area (Å²) in [6.07, 6.45) is 0.717. The molecule has 0 unspecified atom stereocenters. The van der Waals surface area contributed by atoms with Crippen molar-refractivity contribution in [1.82, 2.24) is 14.3 Å². The van der Waals surface area contributed by atoms with E-state index in [4.69, 9.17) is 5.11 Å². The van der Waals surface area contributed by atoms with Crippen molar-refractivity contribution in [3.8, 4) is 0 Å². The summed E-state index contributed by atoms with van der Waals surface area (Å²) >= 11 is 0. The van der Waals surface area contributed by atoms with Crippen LogP contribution in [0.2, 0.25) is 0 Å². The molecular weight excluding hydrogens is 278 g/mol. The highest BCUT2D eigenvalue weighted by atomic mass is 32.2. The standard InChI is InChI=1S/C9H11N3O6S/c13-7(14)1-5-3-12(4-5)19(17,18)6-2-10-9(16)11-8(6)15/h2,5H,1,3-4H2,(H,13,14)(H2,10,11,15,16). The maximum absolute atomic E-state index is 12.0. The molecule has 0 aromatic carbocycles. The Balaban J connectivity index is 2.19. The summed E-state index contributed by atoms with van der Waals surface area (Å²) in [4.78, 5) is 36.0. The Morgan fingerprint density at radius 1 is 1.42 bits per heavy atom. The molecule has 0 aliphatic carbocycles. The monoisotopic (exact) mass is 289 g/mol. The quantitative estimate of drug-likeness (QED) is 0.594.